The number of carbonyl (C=O) groups is 2. The van der Waals surface area contributed by atoms with E-state index in [9.17, 15) is 14.7 Å². The molecule has 0 unspecified atom stereocenters. The van der Waals surface area contributed by atoms with Gasteiger partial charge in [-0.25, -0.2) is 0 Å². The van der Waals surface area contributed by atoms with Gasteiger partial charge in [-0.2, -0.15) is 0 Å². The van der Waals surface area contributed by atoms with Crippen LogP contribution in [0.1, 0.15) is 53.4 Å². The molecule has 2 bridgehead atoms. The summed E-state index contributed by atoms with van der Waals surface area (Å²) in [5.74, 6) is -1.57. The highest BCUT2D eigenvalue weighted by Gasteiger charge is 2.57. The molecular weight excluding hydrogens is 316 g/mol. The summed E-state index contributed by atoms with van der Waals surface area (Å²) >= 11 is 0. The zero-order valence-electron chi connectivity index (χ0n) is 15.9. The van der Waals surface area contributed by atoms with Crippen molar-refractivity contribution in [2.24, 2.45) is 23.7 Å². The van der Waals surface area contributed by atoms with E-state index < -0.39 is 11.9 Å². The largest absolute Gasteiger partial charge is 0.481 e. The fraction of sp³-hybridized carbons (Fsp3) is 0.800. The van der Waals surface area contributed by atoms with Crippen molar-refractivity contribution in [3.8, 4) is 0 Å². The van der Waals surface area contributed by atoms with Crippen molar-refractivity contribution in [2.45, 2.75) is 65.5 Å². The molecule has 1 saturated heterocycles. The summed E-state index contributed by atoms with van der Waals surface area (Å²) in [6, 6.07) is 0.727. The van der Waals surface area contributed by atoms with Crippen LogP contribution < -0.4 is 5.32 Å². The van der Waals surface area contributed by atoms with E-state index in [1.807, 2.05) is 0 Å². The number of allylic oxidation sites excluding steroid dienone is 2. The Morgan fingerprint density at radius 3 is 2.08 bits per heavy atom. The Morgan fingerprint density at radius 2 is 1.60 bits per heavy atom. The van der Waals surface area contributed by atoms with Gasteiger partial charge in [0.1, 0.15) is 0 Å². The number of aliphatic carboxylic acids is 1. The fourth-order valence-electron chi connectivity index (χ4n) is 5.46. The zero-order valence-corrected chi connectivity index (χ0v) is 15.9. The van der Waals surface area contributed by atoms with E-state index in [1.54, 1.807) is 0 Å². The molecule has 4 atom stereocenters. The lowest BCUT2D eigenvalue weighted by Gasteiger charge is -2.36. The number of piperidine rings is 1. The van der Waals surface area contributed by atoms with Crippen LogP contribution in [0.15, 0.2) is 11.1 Å². The Hall–Kier alpha value is -1.36. The van der Waals surface area contributed by atoms with E-state index in [1.165, 1.54) is 11.1 Å². The van der Waals surface area contributed by atoms with Gasteiger partial charge in [0, 0.05) is 25.2 Å². The van der Waals surface area contributed by atoms with Crippen molar-refractivity contribution < 1.29 is 14.7 Å². The maximum Gasteiger partial charge on any atom is 0.307 e. The summed E-state index contributed by atoms with van der Waals surface area (Å²) in [7, 11) is 0. The second-order valence-corrected chi connectivity index (χ2v) is 8.55. The smallest absolute Gasteiger partial charge is 0.307 e. The molecule has 140 valence electrons. The molecule has 1 aliphatic heterocycles. The van der Waals surface area contributed by atoms with Crippen molar-refractivity contribution in [1.82, 2.24) is 10.2 Å². The van der Waals surface area contributed by atoms with E-state index in [0.717, 1.165) is 38.8 Å². The first kappa shape index (κ1) is 18.4. The highest BCUT2D eigenvalue weighted by Crippen LogP contribution is 2.57. The monoisotopic (exact) mass is 348 g/mol. The molecule has 3 aliphatic rings. The first-order valence-corrected chi connectivity index (χ1v) is 9.75. The Kier molecular flexibility index (Phi) is 5.24. The fourth-order valence-corrected chi connectivity index (χ4v) is 5.46. The maximum atomic E-state index is 13.0. The number of likely N-dealkylation sites (tertiary alicyclic amines) is 1. The number of carbonyl (C=O) groups excluding carboxylic acids is 1. The Balaban J connectivity index is 1.69. The van der Waals surface area contributed by atoms with E-state index in [-0.39, 0.29) is 29.7 Å². The van der Waals surface area contributed by atoms with Crippen LogP contribution >= 0.6 is 0 Å². The summed E-state index contributed by atoms with van der Waals surface area (Å²) in [6.07, 6.45) is 3.79. The minimum Gasteiger partial charge on any atom is -0.481 e. The van der Waals surface area contributed by atoms with Gasteiger partial charge in [0.2, 0.25) is 5.91 Å². The predicted octanol–water partition coefficient (Wildman–Crippen LogP) is 2.67. The molecule has 25 heavy (non-hydrogen) atoms. The molecule has 2 aliphatic carbocycles. The van der Waals surface area contributed by atoms with Crippen molar-refractivity contribution in [3.63, 3.8) is 0 Å². The van der Waals surface area contributed by atoms with Crippen LogP contribution in [-0.4, -0.2) is 47.1 Å². The van der Waals surface area contributed by atoms with E-state index in [2.05, 4.69) is 37.9 Å². The molecule has 1 heterocycles. The molecule has 1 amide bonds. The number of fused-ring (bicyclic) bond motifs is 2. The van der Waals surface area contributed by atoms with E-state index in [4.69, 9.17) is 0 Å². The minimum atomic E-state index is -0.805. The number of hydrogen-bond donors (Lipinski definition) is 2. The molecule has 0 aromatic carbocycles. The maximum absolute atomic E-state index is 13.0. The normalized spacial score (nSPS) is 33.1. The van der Waals surface area contributed by atoms with Crippen LogP contribution in [0.3, 0.4) is 0 Å². The van der Waals surface area contributed by atoms with Crippen molar-refractivity contribution in [2.75, 3.05) is 13.1 Å². The summed E-state index contributed by atoms with van der Waals surface area (Å²) in [6.45, 7) is 10.5. The number of nitrogens with one attached hydrogen (secondary N) is 1. The molecule has 0 aromatic heterocycles. The molecule has 3 rings (SSSR count). The van der Waals surface area contributed by atoms with Gasteiger partial charge >= 0.3 is 5.97 Å². The molecule has 2 N–H and O–H groups in total. The van der Waals surface area contributed by atoms with Gasteiger partial charge in [0.05, 0.1) is 11.8 Å². The zero-order chi connectivity index (χ0) is 18.3. The molecule has 2 saturated carbocycles. The average molecular weight is 348 g/mol. The standard InChI is InChI=1S/C20H32N2O3/c1-11(2)16-14-5-6-15(16)18(20(24)25)17(14)19(23)21-13-7-9-22(10-8-13)12(3)4/h12-15,17-18H,5-10H2,1-4H3,(H,21,23)(H,24,25)/t14-,15-,17+,18+/m1/s1. The first-order chi connectivity index (χ1) is 11.8. The van der Waals surface area contributed by atoms with Crippen LogP contribution in [-0.2, 0) is 9.59 Å². The second-order valence-electron chi connectivity index (χ2n) is 8.55. The van der Waals surface area contributed by atoms with Gasteiger partial charge in [-0.05, 0) is 65.2 Å². The summed E-state index contributed by atoms with van der Waals surface area (Å²) in [4.78, 5) is 27.3. The van der Waals surface area contributed by atoms with Crippen LogP contribution in [0, 0.1) is 23.7 Å². The summed E-state index contributed by atoms with van der Waals surface area (Å²) in [5, 5.41) is 12.9. The van der Waals surface area contributed by atoms with Crippen LogP contribution in [0.2, 0.25) is 0 Å². The number of nitrogens with zero attached hydrogens (tertiary/aromatic N) is 1. The van der Waals surface area contributed by atoms with E-state index in [0.29, 0.717) is 6.04 Å². The Bertz CT molecular complexity index is 571. The lowest BCUT2D eigenvalue weighted by molar-refractivity contribution is -0.149. The number of hydrogen-bond acceptors (Lipinski definition) is 3. The van der Waals surface area contributed by atoms with Crippen LogP contribution in [0.5, 0.6) is 0 Å². The number of carboxylic acids is 1. The van der Waals surface area contributed by atoms with Gasteiger partial charge in [-0.1, -0.05) is 11.1 Å². The molecule has 0 spiro atoms. The number of amides is 1. The quantitative estimate of drug-likeness (QED) is 0.767. The third kappa shape index (κ3) is 3.35. The van der Waals surface area contributed by atoms with Crippen LogP contribution in [0.25, 0.3) is 0 Å². The van der Waals surface area contributed by atoms with Gasteiger partial charge in [0.15, 0.2) is 0 Å². The lowest BCUT2D eigenvalue weighted by Crippen LogP contribution is -2.50. The van der Waals surface area contributed by atoms with Gasteiger partial charge in [-0.3, -0.25) is 9.59 Å². The third-order valence-electron chi connectivity index (χ3n) is 6.61. The third-order valence-corrected chi connectivity index (χ3v) is 6.61. The predicted molar refractivity (Wildman–Crippen MR) is 97.1 cm³/mol. The van der Waals surface area contributed by atoms with E-state index >= 15 is 0 Å². The van der Waals surface area contributed by atoms with Crippen molar-refractivity contribution >= 4 is 11.9 Å². The molecule has 0 aromatic rings. The second kappa shape index (κ2) is 7.10. The van der Waals surface area contributed by atoms with Crippen molar-refractivity contribution in [1.29, 1.82) is 0 Å². The SMILES string of the molecule is CC(C)=C1[C@H]2CC[C@H]1[C@H](C(=O)NC1CCN(C(C)C)CC1)[C@H]2C(=O)O. The van der Waals surface area contributed by atoms with Gasteiger partial charge < -0.3 is 15.3 Å². The summed E-state index contributed by atoms with van der Waals surface area (Å²) in [5.41, 5.74) is 2.46. The lowest BCUT2D eigenvalue weighted by atomic mass is 9.78. The number of carboxylic acid groups (broad SMARTS) is 1. The Morgan fingerprint density at radius 1 is 1.04 bits per heavy atom. The minimum absolute atomic E-state index is 0.0265. The van der Waals surface area contributed by atoms with Crippen molar-refractivity contribution in [3.05, 3.63) is 11.1 Å². The topological polar surface area (TPSA) is 69.6 Å². The molecule has 5 heteroatoms. The highest BCUT2D eigenvalue weighted by atomic mass is 16.4. The average Bonchev–Trinajstić information content (AvgIpc) is 3.11. The number of rotatable bonds is 4. The highest BCUT2D eigenvalue weighted by molar-refractivity contribution is 5.87. The molecular formula is C20H32N2O3. The van der Waals surface area contributed by atoms with Crippen LogP contribution in [0.4, 0.5) is 0 Å². The summed E-state index contributed by atoms with van der Waals surface area (Å²) < 4.78 is 0. The molecule has 3 fully saturated rings. The Labute approximate surface area is 150 Å². The first-order valence-electron chi connectivity index (χ1n) is 9.75. The van der Waals surface area contributed by atoms with Gasteiger partial charge in [0.25, 0.3) is 0 Å². The molecule has 0 radical (unpaired) electrons. The molecule has 5 nitrogen and oxygen atoms in total. The van der Waals surface area contributed by atoms with Gasteiger partial charge in [-0.15, -0.1) is 0 Å².